The molecule has 0 aliphatic carbocycles. The Kier molecular flexibility index (Phi) is 4.48. The summed E-state index contributed by atoms with van der Waals surface area (Å²) in [7, 11) is 0. The molecule has 4 rings (SSSR count). The molecule has 0 saturated carbocycles. The lowest BCUT2D eigenvalue weighted by atomic mass is 10.1. The van der Waals surface area contributed by atoms with E-state index in [9.17, 15) is 17.6 Å². The van der Waals surface area contributed by atoms with Gasteiger partial charge >= 0.3 is 0 Å². The summed E-state index contributed by atoms with van der Waals surface area (Å²) < 4.78 is 57.1. The molecule has 0 atom stereocenters. The first-order chi connectivity index (χ1) is 13.1. The van der Waals surface area contributed by atoms with E-state index in [2.05, 4.69) is 0 Å². The number of rotatable bonds is 3. The fourth-order valence-electron chi connectivity index (χ4n) is 3.54. The van der Waals surface area contributed by atoms with Crippen LogP contribution in [-0.2, 0) is 0 Å². The van der Waals surface area contributed by atoms with Gasteiger partial charge in [-0.3, -0.25) is 0 Å². The molecular weight excluding hydrogens is 356 g/mol. The number of hydrogen-bond acceptors (Lipinski definition) is 2. The molecule has 1 aliphatic heterocycles. The van der Waals surface area contributed by atoms with Crippen LogP contribution in [0.1, 0.15) is 11.7 Å². The molecule has 1 aliphatic rings. The zero-order valence-corrected chi connectivity index (χ0v) is 14.2. The van der Waals surface area contributed by atoms with Crippen molar-refractivity contribution in [2.45, 2.75) is 6.17 Å². The number of hydrogen-bond donors (Lipinski definition) is 0. The van der Waals surface area contributed by atoms with Gasteiger partial charge in [0.15, 0.2) is 23.3 Å². The fourth-order valence-corrected chi connectivity index (χ4v) is 3.54. The number of anilines is 2. The highest BCUT2D eigenvalue weighted by Crippen LogP contribution is 2.40. The average molecular weight is 372 g/mol. The van der Waals surface area contributed by atoms with Crippen molar-refractivity contribution in [2.24, 2.45) is 0 Å². The van der Waals surface area contributed by atoms with Crippen LogP contribution in [-0.4, -0.2) is 13.1 Å². The van der Waals surface area contributed by atoms with Crippen LogP contribution in [0.4, 0.5) is 28.9 Å². The van der Waals surface area contributed by atoms with Gasteiger partial charge in [0.25, 0.3) is 0 Å². The van der Waals surface area contributed by atoms with E-state index < -0.39 is 35.0 Å². The van der Waals surface area contributed by atoms with Gasteiger partial charge in [-0.05, 0) is 24.3 Å². The van der Waals surface area contributed by atoms with Crippen molar-refractivity contribution in [3.05, 3.63) is 95.6 Å². The van der Waals surface area contributed by atoms with Gasteiger partial charge in [0.2, 0.25) is 0 Å². The molecule has 0 bridgehead atoms. The Morgan fingerprint density at radius 3 is 1.44 bits per heavy atom. The van der Waals surface area contributed by atoms with Crippen LogP contribution in [0, 0.1) is 23.3 Å². The van der Waals surface area contributed by atoms with Crippen molar-refractivity contribution in [1.29, 1.82) is 0 Å². The summed E-state index contributed by atoms with van der Waals surface area (Å²) in [5.74, 6) is -5.56. The predicted molar refractivity (Wildman–Crippen MR) is 96.6 cm³/mol. The Morgan fingerprint density at radius 1 is 0.630 bits per heavy atom. The maximum atomic E-state index is 14.6. The monoisotopic (exact) mass is 372 g/mol. The highest BCUT2D eigenvalue weighted by Gasteiger charge is 2.39. The van der Waals surface area contributed by atoms with Crippen molar-refractivity contribution in [2.75, 3.05) is 22.9 Å². The third-order valence-electron chi connectivity index (χ3n) is 4.75. The van der Waals surface area contributed by atoms with Gasteiger partial charge in [0, 0.05) is 30.5 Å². The van der Waals surface area contributed by atoms with Crippen molar-refractivity contribution in [3.63, 3.8) is 0 Å². The maximum absolute atomic E-state index is 14.6. The second kappa shape index (κ2) is 6.95. The topological polar surface area (TPSA) is 6.48 Å². The van der Waals surface area contributed by atoms with Crippen LogP contribution in [0.25, 0.3) is 0 Å². The summed E-state index contributed by atoms with van der Waals surface area (Å²) in [6.07, 6.45) is -1.01. The van der Waals surface area contributed by atoms with Crippen molar-refractivity contribution in [1.82, 2.24) is 0 Å². The molecule has 1 heterocycles. The molecule has 0 radical (unpaired) electrons. The van der Waals surface area contributed by atoms with E-state index in [-0.39, 0.29) is 6.07 Å². The van der Waals surface area contributed by atoms with E-state index in [1.807, 2.05) is 12.1 Å². The Bertz CT molecular complexity index is 874. The van der Waals surface area contributed by atoms with Crippen LogP contribution >= 0.6 is 0 Å². The summed E-state index contributed by atoms with van der Waals surface area (Å²) >= 11 is 0. The summed E-state index contributed by atoms with van der Waals surface area (Å²) in [5.41, 5.74) is 0.798. The molecule has 138 valence electrons. The van der Waals surface area contributed by atoms with Gasteiger partial charge in [-0.1, -0.05) is 36.4 Å². The maximum Gasteiger partial charge on any atom is 0.169 e. The Balaban J connectivity index is 1.90. The van der Waals surface area contributed by atoms with Crippen LogP contribution in [0.5, 0.6) is 0 Å². The molecule has 0 unspecified atom stereocenters. The average Bonchev–Trinajstić information content (AvgIpc) is 3.13. The number of benzene rings is 3. The first-order valence-corrected chi connectivity index (χ1v) is 8.54. The van der Waals surface area contributed by atoms with Crippen LogP contribution in [0.2, 0.25) is 0 Å². The molecule has 27 heavy (non-hydrogen) atoms. The number of halogens is 4. The van der Waals surface area contributed by atoms with Gasteiger partial charge in [0.1, 0.15) is 6.17 Å². The highest BCUT2D eigenvalue weighted by molar-refractivity contribution is 5.59. The lowest BCUT2D eigenvalue weighted by Gasteiger charge is -2.33. The van der Waals surface area contributed by atoms with Gasteiger partial charge in [0.05, 0.1) is 5.56 Å². The van der Waals surface area contributed by atoms with E-state index in [0.717, 1.165) is 0 Å². The summed E-state index contributed by atoms with van der Waals surface area (Å²) in [6, 6.07) is 18.3. The minimum atomic E-state index is -1.41. The second-order valence-corrected chi connectivity index (χ2v) is 6.31. The minimum Gasteiger partial charge on any atom is -0.345 e. The van der Waals surface area contributed by atoms with E-state index in [4.69, 9.17) is 0 Å². The smallest absolute Gasteiger partial charge is 0.169 e. The number of nitrogens with zero attached hydrogens (tertiary/aromatic N) is 2. The molecule has 0 amide bonds. The predicted octanol–water partition coefficient (Wildman–Crippen LogP) is 5.27. The van der Waals surface area contributed by atoms with Crippen LogP contribution < -0.4 is 9.80 Å². The van der Waals surface area contributed by atoms with Gasteiger partial charge in [-0.25, -0.2) is 17.6 Å². The standard InChI is InChI=1S/C21H16F4N2/c22-16-13-17(23)20(25)18(19(16)24)21-26(14-7-3-1-4-8-14)11-12-27(21)15-9-5-2-6-10-15/h1-10,13,21H,11-12H2. The third kappa shape index (κ3) is 3.01. The molecule has 0 N–H and O–H groups in total. The lowest BCUT2D eigenvalue weighted by Crippen LogP contribution is -2.33. The molecular formula is C21H16F4N2. The third-order valence-corrected chi connectivity index (χ3v) is 4.75. The normalized spacial score (nSPS) is 14.8. The Morgan fingerprint density at radius 2 is 1.04 bits per heavy atom. The quantitative estimate of drug-likeness (QED) is 0.457. The summed E-state index contributed by atoms with van der Waals surface area (Å²) in [5, 5.41) is 0. The molecule has 3 aromatic rings. The molecule has 2 nitrogen and oxygen atoms in total. The van der Waals surface area contributed by atoms with Crippen LogP contribution in [0.15, 0.2) is 66.7 Å². The first-order valence-electron chi connectivity index (χ1n) is 8.54. The molecule has 1 fully saturated rings. The van der Waals surface area contributed by atoms with Crippen molar-refractivity contribution >= 4 is 11.4 Å². The largest absolute Gasteiger partial charge is 0.345 e. The molecule has 1 saturated heterocycles. The van der Waals surface area contributed by atoms with Gasteiger partial charge in [-0.15, -0.1) is 0 Å². The van der Waals surface area contributed by atoms with E-state index in [0.29, 0.717) is 24.5 Å². The molecule has 6 heteroatoms. The Labute approximate surface area is 154 Å². The highest BCUT2D eigenvalue weighted by atomic mass is 19.2. The Hall–Kier alpha value is -3.02. The molecule has 0 spiro atoms. The van der Waals surface area contributed by atoms with Crippen molar-refractivity contribution < 1.29 is 17.6 Å². The summed E-state index contributed by atoms with van der Waals surface area (Å²) in [4.78, 5) is 3.49. The van der Waals surface area contributed by atoms with Crippen LogP contribution in [0.3, 0.4) is 0 Å². The van der Waals surface area contributed by atoms with E-state index in [1.54, 1.807) is 58.3 Å². The van der Waals surface area contributed by atoms with Crippen molar-refractivity contribution in [3.8, 4) is 0 Å². The lowest BCUT2D eigenvalue weighted by molar-refractivity contribution is 0.427. The van der Waals surface area contributed by atoms with E-state index >= 15 is 0 Å². The van der Waals surface area contributed by atoms with Gasteiger partial charge in [-0.2, -0.15) is 0 Å². The summed E-state index contributed by atoms with van der Waals surface area (Å²) in [6.45, 7) is 0.890. The zero-order valence-electron chi connectivity index (χ0n) is 14.2. The first kappa shape index (κ1) is 17.4. The zero-order chi connectivity index (χ0) is 19.0. The molecule has 3 aromatic carbocycles. The molecule has 0 aromatic heterocycles. The SMILES string of the molecule is Fc1cc(F)c(F)c(C2N(c3ccccc3)CCN2c2ccccc2)c1F. The van der Waals surface area contributed by atoms with Gasteiger partial charge < -0.3 is 9.80 Å². The number of para-hydroxylation sites is 2. The fraction of sp³-hybridized carbons (Fsp3) is 0.143. The second-order valence-electron chi connectivity index (χ2n) is 6.31. The van der Waals surface area contributed by atoms with E-state index in [1.165, 1.54) is 0 Å². The minimum absolute atomic E-state index is 0.239.